The molecule has 0 aliphatic rings. The lowest BCUT2D eigenvalue weighted by Gasteiger charge is -2.18. The van der Waals surface area contributed by atoms with E-state index in [2.05, 4.69) is 24.3 Å². The lowest BCUT2D eigenvalue weighted by Crippen LogP contribution is -2.45. The van der Waals surface area contributed by atoms with Crippen LogP contribution in [0, 0.1) is 0 Å². The van der Waals surface area contributed by atoms with Crippen molar-refractivity contribution in [2.45, 2.75) is 52.7 Å². The van der Waals surface area contributed by atoms with Crippen LogP contribution >= 0.6 is 11.8 Å². The first-order chi connectivity index (χ1) is 13.2. The van der Waals surface area contributed by atoms with Crippen molar-refractivity contribution < 1.29 is 47.7 Å². The topological polar surface area (TPSA) is 144 Å². The molecule has 0 aliphatic heterocycles. The maximum absolute atomic E-state index is 12.1. The highest BCUT2D eigenvalue weighted by molar-refractivity contribution is 8.13. The van der Waals surface area contributed by atoms with Gasteiger partial charge in [0, 0.05) is 18.6 Å². The molecular weight excluding hydrogens is 398 g/mol. The zero-order valence-corrected chi connectivity index (χ0v) is 17.0. The molecular formula is C16H25NO10S. The van der Waals surface area contributed by atoms with E-state index in [4.69, 9.17) is 4.74 Å². The van der Waals surface area contributed by atoms with E-state index in [9.17, 15) is 24.0 Å². The van der Waals surface area contributed by atoms with Gasteiger partial charge in [0.15, 0.2) is 0 Å². The fourth-order valence-corrected chi connectivity index (χ4v) is 2.01. The van der Waals surface area contributed by atoms with Crippen LogP contribution in [0.1, 0.15) is 40.5 Å². The zero-order chi connectivity index (χ0) is 21.5. The van der Waals surface area contributed by atoms with E-state index in [1.165, 1.54) is 0 Å². The summed E-state index contributed by atoms with van der Waals surface area (Å²) in [7, 11) is 0. The van der Waals surface area contributed by atoms with Crippen molar-refractivity contribution in [1.29, 1.82) is 0 Å². The number of amides is 1. The summed E-state index contributed by atoms with van der Waals surface area (Å²) in [5, 5.41) is 1.39. The van der Waals surface area contributed by atoms with E-state index in [0.29, 0.717) is 11.8 Å². The molecule has 160 valence electrons. The molecule has 1 atom stereocenters. The second kappa shape index (κ2) is 14.5. The molecule has 0 fully saturated rings. The van der Waals surface area contributed by atoms with Crippen LogP contribution in [-0.4, -0.2) is 60.8 Å². The monoisotopic (exact) mass is 423 g/mol. The van der Waals surface area contributed by atoms with Gasteiger partial charge in [-0.2, -0.15) is 0 Å². The highest BCUT2D eigenvalue weighted by Gasteiger charge is 2.26. The molecule has 0 bridgehead atoms. The SMILES string of the molecule is CCC(=O)OCOC(=O)N[C@@H](CSC(=O)OCOC(=O)CC)C(=O)OC(C)C. The first-order valence-corrected chi connectivity index (χ1v) is 9.42. The number of hydrogen-bond donors (Lipinski definition) is 1. The van der Waals surface area contributed by atoms with Crippen LogP contribution < -0.4 is 5.32 Å². The third-order valence-electron chi connectivity index (χ3n) is 2.68. The average molecular weight is 423 g/mol. The van der Waals surface area contributed by atoms with Crippen LogP contribution in [0.25, 0.3) is 0 Å². The third-order valence-corrected chi connectivity index (χ3v) is 3.53. The fourth-order valence-electron chi connectivity index (χ4n) is 1.36. The molecule has 12 heteroatoms. The van der Waals surface area contributed by atoms with Gasteiger partial charge in [0.25, 0.3) is 0 Å². The second-order valence-electron chi connectivity index (χ2n) is 5.30. The van der Waals surface area contributed by atoms with Crippen molar-refractivity contribution in [3.8, 4) is 0 Å². The maximum Gasteiger partial charge on any atom is 0.410 e. The summed E-state index contributed by atoms with van der Waals surface area (Å²) in [5.41, 5.74) is 0. The van der Waals surface area contributed by atoms with E-state index in [1.54, 1.807) is 27.7 Å². The Morgan fingerprint density at radius 1 is 0.857 bits per heavy atom. The second-order valence-corrected chi connectivity index (χ2v) is 6.25. The molecule has 0 heterocycles. The van der Waals surface area contributed by atoms with Crippen molar-refractivity contribution >= 4 is 41.1 Å². The van der Waals surface area contributed by atoms with Gasteiger partial charge in [0.2, 0.25) is 13.6 Å². The Hall–Kier alpha value is -2.50. The van der Waals surface area contributed by atoms with Crippen molar-refractivity contribution in [1.82, 2.24) is 5.32 Å². The van der Waals surface area contributed by atoms with Gasteiger partial charge >= 0.3 is 29.3 Å². The van der Waals surface area contributed by atoms with Gasteiger partial charge < -0.3 is 29.0 Å². The van der Waals surface area contributed by atoms with E-state index in [1.807, 2.05) is 0 Å². The molecule has 0 saturated carbocycles. The van der Waals surface area contributed by atoms with Crippen molar-refractivity contribution in [3.63, 3.8) is 0 Å². The average Bonchev–Trinajstić information content (AvgIpc) is 2.63. The van der Waals surface area contributed by atoms with Gasteiger partial charge in [-0.25, -0.2) is 14.4 Å². The summed E-state index contributed by atoms with van der Waals surface area (Å²) in [5.74, 6) is -2.12. The summed E-state index contributed by atoms with van der Waals surface area (Å²) in [6.45, 7) is 5.19. The number of hydrogen-bond acceptors (Lipinski definition) is 11. The van der Waals surface area contributed by atoms with Gasteiger partial charge in [-0.1, -0.05) is 13.8 Å². The molecule has 0 aromatic heterocycles. The minimum atomic E-state index is -1.23. The van der Waals surface area contributed by atoms with E-state index in [-0.39, 0.29) is 18.6 Å². The molecule has 0 spiro atoms. The lowest BCUT2D eigenvalue weighted by atomic mass is 10.3. The number of carbonyl (C=O) groups is 5. The Balaban J connectivity index is 4.53. The van der Waals surface area contributed by atoms with Gasteiger partial charge in [-0.3, -0.25) is 9.59 Å². The van der Waals surface area contributed by atoms with Crippen LogP contribution in [-0.2, 0) is 38.1 Å². The van der Waals surface area contributed by atoms with Crippen LogP contribution in [0.3, 0.4) is 0 Å². The highest BCUT2D eigenvalue weighted by atomic mass is 32.2. The third kappa shape index (κ3) is 12.8. The van der Waals surface area contributed by atoms with Gasteiger partial charge in [-0.05, 0) is 25.6 Å². The van der Waals surface area contributed by atoms with Crippen molar-refractivity contribution in [3.05, 3.63) is 0 Å². The molecule has 1 N–H and O–H groups in total. The molecule has 28 heavy (non-hydrogen) atoms. The van der Waals surface area contributed by atoms with Gasteiger partial charge in [-0.15, -0.1) is 0 Å². The summed E-state index contributed by atoms with van der Waals surface area (Å²) in [4.78, 5) is 57.3. The van der Waals surface area contributed by atoms with Crippen LogP contribution in [0.4, 0.5) is 9.59 Å². The molecule has 0 aliphatic carbocycles. The number of thioether (sulfide) groups is 1. The maximum atomic E-state index is 12.1. The van der Waals surface area contributed by atoms with Gasteiger partial charge in [0.05, 0.1) is 6.10 Å². The Morgan fingerprint density at radius 3 is 1.89 bits per heavy atom. The van der Waals surface area contributed by atoms with Crippen LogP contribution in [0.5, 0.6) is 0 Å². The highest BCUT2D eigenvalue weighted by Crippen LogP contribution is 2.10. The first-order valence-electron chi connectivity index (χ1n) is 8.44. The minimum absolute atomic E-state index is 0.112. The number of ether oxygens (including phenoxy) is 5. The zero-order valence-electron chi connectivity index (χ0n) is 16.2. The molecule has 0 aromatic rings. The molecule has 0 unspecified atom stereocenters. The predicted molar refractivity (Wildman–Crippen MR) is 96.1 cm³/mol. The van der Waals surface area contributed by atoms with E-state index in [0.717, 1.165) is 0 Å². The Labute approximate surface area is 166 Å². The summed E-state index contributed by atoms with van der Waals surface area (Å²) < 4.78 is 23.5. The molecule has 1 amide bonds. The molecule has 0 radical (unpaired) electrons. The molecule has 0 rings (SSSR count). The summed E-state index contributed by atoms with van der Waals surface area (Å²) in [6, 6.07) is -1.23. The number of rotatable bonds is 11. The number of alkyl carbamates (subject to hydrolysis) is 1. The van der Waals surface area contributed by atoms with Crippen LogP contribution in [0.15, 0.2) is 0 Å². The summed E-state index contributed by atoms with van der Waals surface area (Å²) >= 11 is 0.565. The smallest absolute Gasteiger partial charge is 0.410 e. The fraction of sp³-hybridized carbons (Fsp3) is 0.688. The van der Waals surface area contributed by atoms with Gasteiger partial charge in [0.1, 0.15) is 6.04 Å². The van der Waals surface area contributed by atoms with Crippen molar-refractivity contribution in [2.24, 2.45) is 0 Å². The molecule has 11 nitrogen and oxygen atoms in total. The predicted octanol–water partition coefficient (Wildman–Crippen LogP) is 1.72. The Kier molecular flexibility index (Phi) is 13.2. The molecule has 0 aromatic carbocycles. The normalized spacial score (nSPS) is 11.2. The largest absolute Gasteiger partial charge is 0.461 e. The Bertz CT molecular complexity index is 552. The number of nitrogens with one attached hydrogen (secondary N) is 1. The Morgan fingerprint density at radius 2 is 1.39 bits per heavy atom. The quantitative estimate of drug-likeness (QED) is 0.295. The van der Waals surface area contributed by atoms with E-state index < -0.39 is 55.0 Å². The summed E-state index contributed by atoms with van der Waals surface area (Å²) in [6.07, 6.45) is -1.25. The van der Waals surface area contributed by atoms with Crippen LogP contribution in [0.2, 0.25) is 0 Å². The molecule has 0 saturated heterocycles. The van der Waals surface area contributed by atoms with E-state index >= 15 is 0 Å². The first kappa shape index (κ1) is 25.5. The lowest BCUT2D eigenvalue weighted by molar-refractivity contribution is -0.153. The number of esters is 3. The van der Waals surface area contributed by atoms with Crippen molar-refractivity contribution in [2.75, 3.05) is 19.3 Å². The minimum Gasteiger partial charge on any atom is -0.461 e. The standard InChI is InChI=1S/C16H25NO10S/c1-5-12(18)23-8-25-15(21)17-11(14(20)27-10(3)4)7-28-16(22)26-9-24-13(19)6-2/h10-11H,5-9H2,1-4H3,(H,17,21)/t11-/m0/s1. The number of carbonyl (C=O) groups excluding carboxylic acids is 5.